The van der Waals surface area contributed by atoms with Gasteiger partial charge in [-0.2, -0.15) is 5.10 Å². The predicted octanol–water partition coefficient (Wildman–Crippen LogP) is 3.68. The summed E-state index contributed by atoms with van der Waals surface area (Å²) in [6.07, 6.45) is 5.38. The summed E-state index contributed by atoms with van der Waals surface area (Å²) in [4.78, 5) is 24.6. The van der Waals surface area contributed by atoms with Gasteiger partial charge in [-0.1, -0.05) is 42.5 Å². The molecule has 0 bridgehead atoms. The molecule has 0 saturated carbocycles. The third-order valence-corrected chi connectivity index (χ3v) is 8.25. The molecule has 2 aromatic heterocycles. The lowest BCUT2D eigenvalue weighted by atomic mass is 9.78. The van der Waals surface area contributed by atoms with Crippen LogP contribution in [0.25, 0.3) is 16.9 Å². The van der Waals surface area contributed by atoms with Crippen LogP contribution < -0.4 is 10.6 Å². The average molecular weight is 554 g/mol. The van der Waals surface area contributed by atoms with Crippen LogP contribution in [0.5, 0.6) is 0 Å². The maximum Gasteiger partial charge on any atom is 0.320 e. The van der Waals surface area contributed by atoms with Crippen molar-refractivity contribution in [2.75, 3.05) is 32.1 Å². The Kier molecular flexibility index (Phi) is 7.78. The number of ether oxygens (including phenoxy) is 1. The monoisotopic (exact) mass is 553 g/mol. The van der Waals surface area contributed by atoms with Gasteiger partial charge in [-0.05, 0) is 43.0 Å². The average Bonchev–Trinajstić information content (AvgIpc) is 3.53. The molecule has 2 amide bonds. The van der Waals surface area contributed by atoms with Gasteiger partial charge in [-0.3, -0.25) is 10.2 Å². The van der Waals surface area contributed by atoms with Crippen molar-refractivity contribution in [3.8, 4) is 16.9 Å². The van der Waals surface area contributed by atoms with Gasteiger partial charge in [0, 0.05) is 55.7 Å². The van der Waals surface area contributed by atoms with Gasteiger partial charge in [0.1, 0.15) is 18.1 Å². The summed E-state index contributed by atoms with van der Waals surface area (Å²) in [5.74, 6) is 1.12. The number of aliphatic hydroxyl groups is 1. The molecule has 1 aliphatic carbocycles. The molecule has 212 valence electrons. The van der Waals surface area contributed by atoms with Crippen molar-refractivity contribution in [1.82, 2.24) is 30.0 Å². The molecule has 3 atom stereocenters. The summed E-state index contributed by atoms with van der Waals surface area (Å²) in [5, 5.41) is 20.6. The number of likely N-dealkylation sites (tertiary alicyclic amines) is 1. The van der Waals surface area contributed by atoms with E-state index in [9.17, 15) is 9.90 Å². The van der Waals surface area contributed by atoms with Gasteiger partial charge in [-0.25, -0.2) is 19.4 Å². The number of fused-ring (bicyclic) bond motifs is 3. The normalized spacial score (nSPS) is 19.9. The van der Waals surface area contributed by atoms with Gasteiger partial charge in [0.2, 0.25) is 0 Å². The van der Waals surface area contributed by atoms with Crippen molar-refractivity contribution in [3.63, 3.8) is 0 Å². The van der Waals surface area contributed by atoms with Crippen LogP contribution in [0.1, 0.15) is 34.9 Å². The van der Waals surface area contributed by atoms with E-state index in [0.717, 1.165) is 37.2 Å². The number of aromatic nitrogens is 4. The molecule has 41 heavy (non-hydrogen) atoms. The first kappa shape index (κ1) is 27.1. The topological polar surface area (TPSA) is 117 Å². The summed E-state index contributed by atoms with van der Waals surface area (Å²) in [6, 6.07) is 18.3. The number of carbonyl (C=O) groups excluding carboxylic acids is 1. The number of para-hydroxylation sites is 1. The highest BCUT2D eigenvalue weighted by Gasteiger charge is 2.45. The quantitative estimate of drug-likeness (QED) is 0.305. The fraction of sp³-hybridized carbons (Fsp3) is 0.355. The van der Waals surface area contributed by atoms with E-state index in [1.165, 1.54) is 11.1 Å². The van der Waals surface area contributed by atoms with E-state index in [1.54, 1.807) is 24.2 Å². The largest absolute Gasteiger partial charge is 0.388 e. The Hall–Kier alpha value is -4.12. The van der Waals surface area contributed by atoms with Crippen LogP contribution in [0.3, 0.4) is 0 Å². The van der Waals surface area contributed by atoms with E-state index < -0.39 is 0 Å². The molecule has 0 spiro atoms. The van der Waals surface area contributed by atoms with Crippen molar-refractivity contribution in [3.05, 3.63) is 89.5 Å². The van der Waals surface area contributed by atoms with Gasteiger partial charge >= 0.3 is 6.03 Å². The molecule has 6 rings (SSSR count). The molecule has 3 heterocycles. The van der Waals surface area contributed by atoms with Crippen LogP contribution in [0.4, 0.5) is 10.6 Å². The number of aliphatic hydroxyl groups excluding tert-OH is 1. The Labute approximate surface area is 239 Å². The van der Waals surface area contributed by atoms with E-state index in [1.807, 2.05) is 37.3 Å². The number of carbonyl (C=O) groups is 1. The van der Waals surface area contributed by atoms with Crippen molar-refractivity contribution in [2.45, 2.75) is 44.4 Å². The first-order chi connectivity index (χ1) is 20.1. The van der Waals surface area contributed by atoms with Gasteiger partial charge < -0.3 is 15.2 Å². The molecule has 4 aromatic rings. The summed E-state index contributed by atoms with van der Waals surface area (Å²) in [7, 11) is 1.73. The highest BCUT2D eigenvalue weighted by Crippen LogP contribution is 2.41. The summed E-state index contributed by atoms with van der Waals surface area (Å²) < 4.78 is 7.13. The van der Waals surface area contributed by atoms with E-state index in [0.29, 0.717) is 35.5 Å². The van der Waals surface area contributed by atoms with E-state index in [-0.39, 0.29) is 24.6 Å². The Morgan fingerprint density at radius 3 is 2.61 bits per heavy atom. The lowest BCUT2D eigenvalue weighted by molar-refractivity contribution is 0.134. The zero-order valence-corrected chi connectivity index (χ0v) is 23.3. The van der Waals surface area contributed by atoms with Gasteiger partial charge in [0.25, 0.3) is 0 Å². The minimum atomic E-state index is -0.274. The highest BCUT2D eigenvalue weighted by atomic mass is 16.5. The third kappa shape index (κ3) is 5.33. The number of rotatable bonds is 8. The zero-order chi connectivity index (χ0) is 28.3. The first-order valence-electron chi connectivity index (χ1n) is 14.0. The van der Waals surface area contributed by atoms with Crippen LogP contribution in [0.15, 0.2) is 67.0 Å². The van der Waals surface area contributed by atoms with Crippen LogP contribution in [0.2, 0.25) is 0 Å². The highest BCUT2D eigenvalue weighted by molar-refractivity contribution is 5.91. The molecule has 1 fully saturated rings. The maximum absolute atomic E-state index is 13.7. The number of nitrogens with zero attached hydrogens (tertiary/aromatic N) is 5. The number of hydrogen-bond acceptors (Lipinski definition) is 7. The molecule has 1 saturated heterocycles. The maximum atomic E-state index is 13.7. The number of urea groups is 1. The van der Waals surface area contributed by atoms with Crippen molar-refractivity contribution < 1.29 is 14.6 Å². The second-order valence-corrected chi connectivity index (χ2v) is 10.6. The lowest BCUT2D eigenvalue weighted by Crippen LogP contribution is -2.43. The number of anilines is 1. The standard InChI is InChI=1S/C31H35N7O3/c1-20-29(22-16-32-27(19-39)33-17-22)36-38(23-9-4-3-5-10-23)30(20)35-31(40)34-25-18-37(14-15-41-2)26-13-12-21-8-6-7-11-24(21)28(25)26/h3-11,16-17,25-26,28,39H,12-15,18-19H2,1-2H3,(H2,34,35,40)/t25-,26+,28+/m1/s1. The summed E-state index contributed by atoms with van der Waals surface area (Å²) >= 11 is 0. The van der Waals surface area contributed by atoms with Crippen LogP contribution in [-0.4, -0.2) is 74.7 Å². The summed E-state index contributed by atoms with van der Waals surface area (Å²) in [6.45, 7) is 3.94. The minimum absolute atomic E-state index is 0.0504. The number of amides is 2. The Balaban J connectivity index is 1.29. The van der Waals surface area contributed by atoms with Gasteiger partial charge in [0.15, 0.2) is 5.82 Å². The van der Waals surface area contributed by atoms with Gasteiger partial charge in [0.05, 0.1) is 18.3 Å². The van der Waals surface area contributed by atoms with Gasteiger partial charge in [-0.15, -0.1) is 0 Å². The minimum Gasteiger partial charge on any atom is -0.388 e. The van der Waals surface area contributed by atoms with Crippen molar-refractivity contribution in [1.29, 1.82) is 0 Å². The SMILES string of the molecule is COCCN1C[C@@H](NC(=O)Nc2c(C)c(-c3cnc(CO)nc3)nn2-c2ccccc2)[C@@H]2c3ccccc3CC[C@@H]21. The number of aryl methyl sites for hydroxylation is 1. The molecular formula is C31H35N7O3. The fourth-order valence-electron chi connectivity index (χ4n) is 6.32. The number of nitrogens with one attached hydrogen (secondary N) is 2. The van der Waals surface area contributed by atoms with Crippen molar-refractivity contribution in [2.24, 2.45) is 0 Å². The summed E-state index contributed by atoms with van der Waals surface area (Å²) in [5.41, 5.74) is 5.65. The molecule has 0 unspecified atom stereocenters. The lowest BCUT2D eigenvalue weighted by Gasteiger charge is -2.34. The number of benzene rings is 2. The van der Waals surface area contributed by atoms with E-state index >= 15 is 0 Å². The molecule has 2 aromatic carbocycles. The Morgan fingerprint density at radius 1 is 1.10 bits per heavy atom. The number of hydrogen-bond donors (Lipinski definition) is 3. The molecule has 10 heteroatoms. The molecular weight excluding hydrogens is 518 g/mol. The molecule has 2 aliphatic rings. The van der Waals surface area contributed by atoms with Crippen LogP contribution >= 0.6 is 0 Å². The zero-order valence-electron chi connectivity index (χ0n) is 23.3. The predicted molar refractivity (Wildman–Crippen MR) is 156 cm³/mol. The van der Waals surface area contributed by atoms with Crippen molar-refractivity contribution >= 4 is 11.8 Å². The van der Waals surface area contributed by atoms with E-state index in [4.69, 9.17) is 9.84 Å². The molecule has 0 radical (unpaired) electrons. The first-order valence-corrected chi connectivity index (χ1v) is 14.0. The molecule has 10 nitrogen and oxygen atoms in total. The Morgan fingerprint density at radius 2 is 1.85 bits per heavy atom. The fourth-order valence-corrected chi connectivity index (χ4v) is 6.32. The number of methoxy groups -OCH3 is 1. The third-order valence-electron chi connectivity index (χ3n) is 8.25. The van der Waals surface area contributed by atoms with Crippen LogP contribution in [-0.2, 0) is 17.8 Å². The second-order valence-electron chi connectivity index (χ2n) is 10.6. The Bertz CT molecular complexity index is 1510. The van der Waals surface area contributed by atoms with Crippen LogP contribution in [0, 0.1) is 6.92 Å². The molecule has 3 N–H and O–H groups in total. The van der Waals surface area contributed by atoms with E-state index in [2.05, 4.69) is 49.8 Å². The molecule has 1 aliphatic heterocycles. The second kappa shape index (κ2) is 11.8. The smallest absolute Gasteiger partial charge is 0.320 e.